The van der Waals surface area contributed by atoms with Crippen molar-refractivity contribution < 1.29 is 9.13 Å². The Morgan fingerprint density at radius 2 is 2.14 bits per heavy atom. The highest BCUT2D eigenvalue weighted by Crippen LogP contribution is 2.36. The number of halogens is 2. The average molecular weight is 351 g/mol. The van der Waals surface area contributed by atoms with E-state index in [2.05, 4.69) is 27.4 Å². The second-order valence-corrected chi connectivity index (χ2v) is 6.04. The molecular weight excluding hydrogens is 335 g/mol. The summed E-state index contributed by atoms with van der Waals surface area (Å²) in [7, 11) is 0. The van der Waals surface area contributed by atoms with E-state index in [0.717, 1.165) is 11.3 Å². The fraction of sp³-hybridized carbons (Fsp3) is 0.250. The van der Waals surface area contributed by atoms with Crippen LogP contribution in [0.4, 0.5) is 4.39 Å². The van der Waals surface area contributed by atoms with Crippen molar-refractivity contribution in [2.45, 2.75) is 18.4 Å². The van der Waals surface area contributed by atoms with Crippen LogP contribution in [0.2, 0.25) is 0 Å². The van der Waals surface area contributed by atoms with Crippen LogP contribution >= 0.6 is 15.9 Å². The zero-order valence-corrected chi connectivity index (χ0v) is 12.9. The lowest BCUT2D eigenvalue weighted by Crippen LogP contribution is -2.42. The second-order valence-electron chi connectivity index (χ2n) is 5.18. The van der Waals surface area contributed by atoms with Gasteiger partial charge in [0, 0.05) is 17.5 Å². The van der Waals surface area contributed by atoms with E-state index in [0.29, 0.717) is 17.5 Å². The van der Waals surface area contributed by atoms with E-state index >= 15 is 0 Å². The molecule has 0 saturated carbocycles. The fourth-order valence-electron chi connectivity index (χ4n) is 2.76. The predicted octanol–water partition coefficient (Wildman–Crippen LogP) is 3.14. The van der Waals surface area contributed by atoms with Crippen LogP contribution in [0.3, 0.4) is 0 Å². The van der Waals surface area contributed by atoms with Crippen molar-refractivity contribution in [1.29, 1.82) is 0 Å². The molecule has 5 heteroatoms. The molecule has 21 heavy (non-hydrogen) atoms. The monoisotopic (exact) mass is 350 g/mol. The number of nitrogens with one attached hydrogen (secondary N) is 1. The Morgan fingerprint density at radius 3 is 2.90 bits per heavy atom. The lowest BCUT2D eigenvalue weighted by molar-refractivity contribution is 0.297. The Morgan fingerprint density at radius 1 is 1.33 bits per heavy atom. The van der Waals surface area contributed by atoms with Crippen molar-refractivity contribution >= 4 is 15.9 Å². The van der Waals surface area contributed by atoms with Gasteiger partial charge in [0.05, 0.1) is 11.1 Å². The molecule has 1 aliphatic heterocycles. The number of para-hydroxylation sites is 1. The third-order valence-electron chi connectivity index (χ3n) is 3.88. The molecule has 3 rings (SSSR count). The molecule has 0 bridgehead atoms. The summed E-state index contributed by atoms with van der Waals surface area (Å²) < 4.78 is 19.5. The lowest BCUT2D eigenvalue weighted by Gasteiger charge is -2.22. The molecule has 3 N–H and O–H groups in total. The smallest absolute Gasteiger partial charge is 0.137 e. The summed E-state index contributed by atoms with van der Waals surface area (Å²) in [6, 6.07) is 13.1. The summed E-state index contributed by atoms with van der Waals surface area (Å²) in [4.78, 5) is 0. The molecule has 0 aromatic heterocycles. The number of nitrogens with two attached hydrogens (primary N) is 1. The molecule has 0 fully saturated rings. The number of hydrogen-bond acceptors (Lipinski definition) is 3. The first-order valence-corrected chi connectivity index (χ1v) is 7.60. The van der Waals surface area contributed by atoms with Crippen molar-refractivity contribution in [1.82, 2.24) is 5.43 Å². The Kier molecular flexibility index (Phi) is 4.24. The third-order valence-corrected chi connectivity index (χ3v) is 4.48. The minimum atomic E-state index is -0.259. The van der Waals surface area contributed by atoms with Crippen molar-refractivity contribution in [3.8, 4) is 5.75 Å². The molecule has 0 radical (unpaired) electrons. The molecule has 0 aliphatic carbocycles. The van der Waals surface area contributed by atoms with Crippen LogP contribution in [0.15, 0.2) is 46.9 Å². The Labute approximate surface area is 131 Å². The lowest BCUT2D eigenvalue weighted by atomic mass is 9.89. The number of rotatable bonds is 4. The highest BCUT2D eigenvalue weighted by atomic mass is 79.9. The molecule has 1 heterocycles. The Bertz CT molecular complexity index is 650. The van der Waals surface area contributed by atoms with Gasteiger partial charge in [-0.25, -0.2) is 4.39 Å². The highest BCUT2D eigenvalue weighted by molar-refractivity contribution is 9.10. The van der Waals surface area contributed by atoms with E-state index in [1.54, 1.807) is 12.1 Å². The largest absolute Gasteiger partial charge is 0.493 e. The van der Waals surface area contributed by atoms with E-state index in [9.17, 15) is 4.39 Å². The predicted molar refractivity (Wildman–Crippen MR) is 83.6 cm³/mol. The van der Waals surface area contributed by atoms with Gasteiger partial charge in [0.1, 0.15) is 11.6 Å². The van der Waals surface area contributed by atoms with Gasteiger partial charge in [-0.2, -0.15) is 0 Å². The first-order chi connectivity index (χ1) is 10.2. The molecule has 0 spiro atoms. The van der Waals surface area contributed by atoms with E-state index in [-0.39, 0.29) is 17.8 Å². The van der Waals surface area contributed by atoms with Crippen molar-refractivity contribution in [3.63, 3.8) is 0 Å². The standard InChI is InChI=1S/C16H16BrFN2O/c17-13-7-10(5-6-14(13)18)8-15(20-19)12-9-21-16-4-2-1-3-11(12)16/h1-7,12,15,20H,8-9,19H2. The van der Waals surface area contributed by atoms with Crippen molar-refractivity contribution in [2.24, 2.45) is 5.84 Å². The molecular formula is C16H16BrFN2O. The van der Waals surface area contributed by atoms with Gasteiger partial charge in [0.15, 0.2) is 0 Å². The van der Waals surface area contributed by atoms with Gasteiger partial charge in [-0.1, -0.05) is 24.3 Å². The van der Waals surface area contributed by atoms with Gasteiger partial charge < -0.3 is 4.74 Å². The molecule has 2 aromatic rings. The number of benzene rings is 2. The summed E-state index contributed by atoms with van der Waals surface area (Å²) in [5.74, 6) is 6.58. The zero-order valence-electron chi connectivity index (χ0n) is 11.4. The normalized spacial score (nSPS) is 18.1. The summed E-state index contributed by atoms with van der Waals surface area (Å²) in [5.41, 5.74) is 5.07. The van der Waals surface area contributed by atoms with Crippen LogP contribution in [0.25, 0.3) is 0 Å². The molecule has 1 aliphatic rings. The summed E-state index contributed by atoms with van der Waals surface area (Å²) in [6.07, 6.45) is 0.706. The summed E-state index contributed by atoms with van der Waals surface area (Å²) in [6.45, 7) is 0.608. The van der Waals surface area contributed by atoms with Crippen LogP contribution in [-0.2, 0) is 6.42 Å². The Balaban J connectivity index is 1.81. The molecule has 2 aromatic carbocycles. The zero-order chi connectivity index (χ0) is 14.8. The van der Waals surface area contributed by atoms with Gasteiger partial charge in [-0.15, -0.1) is 0 Å². The van der Waals surface area contributed by atoms with E-state index in [1.165, 1.54) is 11.6 Å². The molecule has 2 unspecified atom stereocenters. The minimum Gasteiger partial charge on any atom is -0.493 e. The van der Waals surface area contributed by atoms with Crippen LogP contribution < -0.4 is 16.0 Å². The molecule has 2 atom stereocenters. The van der Waals surface area contributed by atoms with Crippen molar-refractivity contribution in [3.05, 3.63) is 63.9 Å². The third kappa shape index (κ3) is 2.95. The maximum Gasteiger partial charge on any atom is 0.137 e. The first-order valence-electron chi connectivity index (χ1n) is 6.81. The number of hydrogen-bond donors (Lipinski definition) is 2. The van der Waals surface area contributed by atoms with E-state index in [1.807, 2.05) is 18.2 Å². The van der Waals surface area contributed by atoms with Crippen LogP contribution in [0.1, 0.15) is 17.0 Å². The van der Waals surface area contributed by atoms with Gasteiger partial charge >= 0.3 is 0 Å². The summed E-state index contributed by atoms with van der Waals surface area (Å²) >= 11 is 3.22. The maximum atomic E-state index is 13.3. The highest BCUT2D eigenvalue weighted by Gasteiger charge is 2.30. The van der Waals surface area contributed by atoms with Crippen LogP contribution in [0, 0.1) is 5.82 Å². The average Bonchev–Trinajstić information content (AvgIpc) is 2.92. The second kappa shape index (κ2) is 6.13. The Hall–Kier alpha value is -1.43. The summed E-state index contributed by atoms with van der Waals surface area (Å²) in [5, 5.41) is 0. The molecule has 0 amide bonds. The quantitative estimate of drug-likeness (QED) is 0.657. The van der Waals surface area contributed by atoms with E-state index < -0.39 is 0 Å². The minimum absolute atomic E-state index is 0.0333. The molecule has 3 nitrogen and oxygen atoms in total. The number of hydrazine groups is 1. The van der Waals surface area contributed by atoms with Gasteiger partial charge in [0.25, 0.3) is 0 Å². The van der Waals surface area contributed by atoms with Crippen LogP contribution in [-0.4, -0.2) is 12.6 Å². The topological polar surface area (TPSA) is 47.3 Å². The van der Waals surface area contributed by atoms with Gasteiger partial charge in [0.2, 0.25) is 0 Å². The van der Waals surface area contributed by atoms with Crippen LogP contribution in [0.5, 0.6) is 5.75 Å². The number of ether oxygens (including phenoxy) is 1. The van der Waals surface area contributed by atoms with Gasteiger partial charge in [-0.05, 0) is 46.1 Å². The van der Waals surface area contributed by atoms with E-state index in [4.69, 9.17) is 10.6 Å². The van der Waals surface area contributed by atoms with Crippen molar-refractivity contribution in [2.75, 3.05) is 6.61 Å². The molecule has 0 saturated heterocycles. The maximum absolute atomic E-state index is 13.3. The number of fused-ring (bicyclic) bond motifs is 1. The fourth-order valence-corrected chi connectivity index (χ4v) is 3.18. The first kappa shape index (κ1) is 14.5. The SMILES string of the molecule is NNC(Cc1ccc(F)c(Br)c1)C1COc2ccccc21. The molecule has 110 valence electrons. The van der Waals surface area contributed by atoms with Gasteiger partial charge in [-0.3, -0.25) is 11.3 Å².